The molecule has 0 saturated carbocycles. The zero-order valence-electron chi connectivity index (χ0n) is 17.0. The Morgan fingerprint density at radius 2 is 1.36 bits per heavy atom. The summed E-state index contributed by atoms with van der Waals surface area (Å²) in [6.45, 7) is 7.62. The summed E-state index contributed by atoms with van der Waals surface area (Å²) >= 11 is 0. The van der Waals surface area contributed by atoms with Crippen molar-refractivity contribution in [3.05, 3.63) is 0 Å². The van der Waals surface area contributed by atoms with Gasteiger partial charge in [0.25, 0.3) is 0 Å². The first-order valence-corrected chi connectivity index (χ1v) is 8.93. The Labute approximate surface area is 163 Å². The third-order valence-corrected chi connectivity index (χ3v) is 3.81. The van der Waals surface area contributed by atoms with Crippen molar-refractivity contribution in [2.45, 2.75) is 71.7 Å². The van der Waals surface area contributed by atoms with Crippen molar-refractivity contribution in [3.63, 3.8) is 0 Å². The third kappa shape index (κ3) is 7.08. The third-order valence-electron chi connectivity index (χ3n) is 3.81. The molecule has 0 aromatic rings. The van der Waals surface area contributed by atoms with Gasteiger partial charge in [0.1, 0.15) is 0 Å². The zero-order valence-corrected chi connectivity index (χ0v) is 17.0. The number of carbonyl (C=O) groups excluding carboxylic acids is 4. The SMILES string of the molecule is COC(=O)C1OC(OCCC(C)C)C(OC(C)=O)C(OC(C)=O)C1OC(C)=O. The number of hydrogen-bond acceptors (Lipinski definition) is 10. The Bertz CT molecular complexity index is 573. The molecular weight excluding hydrogens is 376 g/mol. The molecule has 1 fully saturated rings. The van der Waals surface area contributed by atoms with E-state index >= 15 is 0 Å². The van der Waals surface area contributed by atoms with Gasteiger partial charge in [-0.2, -0.15) is 0 Å². The van der Waals surface area contributed by atoms with Crippen LogP contribution in [-0.4, -0.2) is 68.3 Å². The van der Waals surface area contributed by atoms with Crippen molar-refractivity contribution in [3.8, 4) is 0 Å². The first-order chi connectivity index (χ1) is 13.1. The highest BCUT2D eigenvalue weighted by Crippen LogP contribution is 2.30. The predicted molar refractivity (Wildman–Crippen MR) is 92.7 cm³/mol. The molecule has 0 aromatic carbocycles. The van der Waals surface area contributed by atoms with Crippen LogP contribution in [0.25, 0.3) is 0 Å². The van der Waals surface area contributed by atoms with Crippen LogP contribution in [0.4, 0.5) is 0 Å². The number of hydrogen-bond donors (Lipinski definition) is 0. The Morgan fingerprint density at radius 1 is 0.857 bits per heavy atom. The van der Waals surface area contributed by atoms with Crippen LogP contribution in [0, 0.1) is 5.92 Å². The van der Waals surface area contributed by atoms with Gasteiger partial charge in [-0.1, -0.05) is 13.8 Å². The Kier molecular flexibility index (Phi) is 9.33. The molecule has 1 aliphatic rings. The predicted octanol–water partition coefficient (Wildman–Crippen LogP) is 0.742. The molecule has 5 atom stereocenters. The molecule has 0 radical (unpaired) electrons. The van der Waals surface area contributed by atoms with Crippen LogP contribution in [0.5, 0.6) is 0 Å². The van der Waals surface area contributed by atoms with E-state index in [-0.39, 0.29) is 6.61 Å². The molecule has 0 amide bonds. The van der Waals surface area contributed by atoms with E-state index in [2.05, 4.69) is 0 Å². The van der Waals surface area contributed by atoms with Crippen molar-refractivity contribution in [2.24, 2.45) is 5.92 Å². The maximum absolute atomic E-state index is 12.2. The van der Waals surface area contributed by atoms with Crippen LogP contribution < -0.4 is 0 Å². The summed E-state index contributed by atoms with van der Waals surface area (Å²) < 4.78 is 31.6. The first-order valence-electron chi connectivity index (χ1n) is 8.93. The molecule has 0 spiro atoms. The van der Waals surface area contributed by atoms with Crippen LogP contribution in [-0.2, 0) is 47.6 Å². The van der Waals surface area contributed by atoms with E-state index in [0.717, 1.165) is 27.9 Å². The summed E-state index contributed by atoms with van der Waals surface area (Å²) in [5.74, 6) is -2.71. The van der Waals surface area contributed by atoms with Gasteiger partial charge in [-0.05, 0) is 12.3 Å². The maximum Gasteiger partial charge on any atom is 0.339 e. The van der Waals surface area contributed by atoms with Crippen molar-refractivity contribution < 1.29 is 47.6 Å². The molecule has 1 aliphatic heterocycles. The normalized spacial score (nSPS) is 27.0. The number of esters is 4. The van der Waals surface area contributed by atoms with Gasteiger partial charge in [-0.25, -0.2) is 4.79 Å². The van der Waals surface area contributed by atoms with Crippen LogP contribution in [0.3, 0.4) is 0 Å². The lowest BCUT2D eigenvalue weighted by molar-refractivity contribution is -0.301. The molecule has 10 heteroatoms. The van der Waals surface area contributed by atoms with Gasteiger partial charge in [-0.15, -0.1) is 0 Å². The summed E-state index contributed by atoms with van der Waals surface area (Å²) in [5.41, 5.74) is 0. The maximum atomic E-state index is 12.2. The highest BCUT2D eigenvalue weighted by atomic mass is 16.7. The molecule has 160 valence electrons. The highest BCUT2D eigenvalue weighted by Gasteiger charge is 2.55. The van der Waals surface area contributed by atoms with Crippen LogP contribution in [0.2, 0.25) is 0 Å². The average Bonchev–Trinajstić information content (AvgIpc) is 2.57. The minimum atomic E-state index is -1.44. The lowest BCUT2D eigenvalue weighted by Gasteiger charge is -2.43. The quantitative estimate of drug-likeness (QED) is 0.423. The van der Waals surface area contributed by atoms with Crippen molar-refractivity contribution in [2.75, 3.05) is 13.7 Å². The fourth-order valence-corrected chi connectivity index (χ4v) is 2.63. The molecule has 0 bridgehead atoms. The lowest BCUT2D eigenvalue weighted by atomic mass is 9.97. The number of carbonyl (C=O) groups is 4. The molecule has 0 aromatic heterocycles. The number of ether oxygens (including phenoxy) is 6. The van der Waals surface area contributed by atoms with Gasteiger partial charge in [-0.3, -0.25) is 14.4 Å². The minimum Gasteiger partial charge on any atom is -0.467 e. The van der Waals surface area contributed by atoms with Gasteiger partial charge in [0.2, 0.25) is 0 Å². The average molecular weight is 404 g/mol. The van der Waals surface area contributed by atoms with Gasteiger partial charge in [0.15, 0.2) is 30.7 Å². The summed E-state index contributed by atoms with van der Waals surface area (Å²) in [6.07, 6.45) is -5.97. The Balaban J connectivity index is 3.26. The largest absolute Gasteiger partial charge is 0.467 e. The standard InChI is InChI=1S/C18H28O10/c1-9(2)7-8-24-18-16(27-12(5)21)14(26-11(4)20)13(25-10(3)19)15(28-18)17(22)23-6/h9,13-16,18H,7-8H2,1-6H3. The molecule has 10 nitrogen and oxygen atoms in total. The molecular formula is C18H28O10. The molecule has 1 rings (SSSR count). The highest BCUT2D eigenvalue weighted by molar-refractivity contribution is 5.77. The van der Waals surface area contributed by atoms with Crippen molar-refractivity contribution in [1.82, 2.24) is 0 Å². The van der Waals surface area contributed by atoms with E-state index in [1.54, 1.807) is 0 Å². The van der Waals surface area contributed by atoms with Crippen molar-refractivity contribution >= 4 is 23.9 Å². The summed E-state index contributed by atoms with van der Waals surface area (Å²) in [7, 11) is 1.13. The van der Waals surface area contributed by atoms with Gasteiger partial charge >= 0.3 is 23.9 Å². The zero-order chi connectivity index (χ0) is 21.4. The summed E-state index contributed by atoms with van der Waals surface area (Å²) in [5, 5.41) is 0. The smallest absolute Gasteiger partial charge is 0.339 e. The monoisotopic (exact) mass is 404 g/mol. The van der Waals surface area contributed by atoms with E-state index in [9.17, 15) is 19.2 Å². The topological polar surface area (TPSA) is 124 Å². The second-order valence-electron chi connectivity index (χ2n) is 6.72. The fourth-order valence-electron chi connectivity index (χ4n) is 2.63. The van der Waals surface area contributed by atoms with Crippen LogP contribution in [0.15, 0.2) is 0 Å². The molecule has 0 N–H and O–H groups in total. The molecule has 28 heavy (non-hydrogen) atoms. The molecule has 0 aliphatic carbocycles. The fraction of sp³-hybridized carbons (Fsp3) is 0.778. The lowest BCUT2D eigenvalue weighted by Crippen LogP contribution is -2.63. The van der Waals surface area contributed by atoms with E-state index in [4.69, 9.17) is 28.4 Å². The van der Waals surface area contributed by atoms with E-state index in [1.807, 2.05) is 13.8 Å². The summed E-state index contributed by atoms with van der Waals surface area (Å²) in [4.78, 5) is 47.0. The first kappa shape index (κ1) is 23.8. The molecule has 1 heterocycles. The Hall–Kier alpha value is -2.20. The van der Waals surface area contributed by atoms with Crippen LogP contribution >= 0.6 is 0 Å². The van der Waals surface area contributed by atoms with Crippen molar-refractivity contribution in [1.29, 1.82) is 0 Å². The Morgan fingerprint density at radius 3 is 1.82 bits per heavy atom. The minimum absolute atomic E-state index is 0.235. The molecule has 1 saturated heterocycles. The van der Waals surface area contributed by atoms with Gasteiger partial charge in [0.05, 0.1) is 13.7 Å². The van der Waals surface area contributed by atoms with E-state index in [1.165, 1.54) is 0 Å². The van der Waals surface area contributed by atoms with Gasteiger partial charge in [0, 0.05) is 20.8 Å². The second kappa shape index (κ2) is 11.0. The van der Waals surface area contributed by atoms with Gasteiger partial charge < -0.3 is 28.4 Å². The molecule has 5 unspecified atom stereocenters. The number of rotatable bonds is 8. The van der Waals surface area contributed by atoms with E-state index < -0.39 is 54.6 Å². The van der Waals surface area contributed by atoms with Crippen LogP contribution in [0.1, 0.15) is 41.0 Å². The summed E-state index contributed by atoms with van der Waals surface area (Å²) in [6, 6.07) is 0. The number of methoxy groups -OCH3 is 1. The van der Waals surface area contributed by atoms with E-state index in [0.29, 0.717) is 12.3 Å². The second-order valence-corrected chi connectivity index (χ2v) is 6.72.